The van der Waals surface area contributed by atoms with Crippen LogP contribution >= 0.6 is 23.2 Å². The summed E-state index contributed by atoms with van der Waals surface area (Å²) in [5.74, 6) is -0.440. The maximum absolute atomic E-state index is 14.0. The van der Waals surface area contributed by atoms with Gasteiger partial charge in [0.05, 0.1) is 28.9 Å². The van der Waals surface area contributed by atoms with Crippen molar-refractivity contribution in [1.82, 2.24) is 25.4 Å². The van der Waals surface area contributed by atoms with Gasteiger partial charge in [0.1, 0.15) is 36.4 Å². The van der Waals surface area contributed by atoms with Gasteiger partial charge in [0, 0.05) is 98.7 Å². The first-order valence-electron chi connectivity index (χ1n) is 21.9. The smallest absolute Gasteiger partial charge is 0.253 e. The van der Waals surface area contributed by atoms with Gasteiger partial charge < -0.3 is 35.0 Å². The van der Waals surface area contributed by atoms with Crippen molar-refractivity contribution in [2.75, 3.05) is 57.4 Å². The molecular weight excluding hydrogens is 857 g/mol. The summed E-state index contributed by atoms with van der Waals surface area (Å²) in [6, 6.07) is 16.8. The lowest BCUT2D eigenvalue weighted by Crippen LogP contribution is -2.74. The lowest BCUT2D eigenvalue weighted by atomic mass is 9.49. The number of aliphatic hydroxyl groups is 1. The van der Waals surface area contributed by atoms with Crippen LogP contribution in [0.4, 0.5) is 5.82 Å². The Labute approximate surface area is 386 Å². The normalized spacial score (nSPS) is 22.2. The number of β-amino-alcohol motifs (C(OH)–C–C–N with tert-alkyl or cyclic N) is 1. The molecule has 2 aliphatic heterocycles. The number of piperazine rings is 1. The second kappa shape index (κ2) is 20.2. The van der Waals surface area contributed by atoms with Gasteiger partial charge in [0.15, 0.2) is 5.78 Å². The molecule has 3 heterocycles. The van der Waals surface area contributed by atoms with E-state index in [-0.39, 0.29) is 68.2 Å². The van der Waals surface area contributed by atoms with Gasteiger partial charge in [-0.2, -0.15) is 5.26 Å². The number of amides is 3. The van der Waals surface area contributed by atoms with Crippen LogP contribution < -0.4 is 20.3 Å². The summed E-state index contributed by atoms with van der Waals surface area (Å²) < 4.78 is 12.2. The number of ether oxygens (including phenoxy) is 2. The SMILES string of the molecule is CC1(C)C(NC(=O)c2ccc(N3CCN(CCOCC(=O)C[C@H](C(=O)N4C[C@H](O)C[C@H]4C(=O)NCc4ccc(Cl)cc4)C(C)(C)C)CC3)nc2)C(C)(C)C1Oc1ccc(C#N)c(Cl)c1. The van der Waals surface area contributed by atoms with E-state index < -0.39 is 34.3 Å². The maximum atomic E-state index is 14.0. The number of Topliss-reactive ketones (excluding diaryl/α,β-unsaturated/α-hetero) is 1. The van der Waals surface area contributed by atoms with Crippen LogP contribution in [0.3, 0.4) is 0 Å². The molecule has 3 amide bonds. The topological polar surface area (TPSA) is 177 Å². The Morgan fingerprint density at radius 3 is 2.28 bits per heavy atom. The molecule has 3 N–H and O–H groups in total. The van der Waals surface area contributed by atoms with Crippen LogP contribution in [0.1, 0.15) is 82.8 Å². The van der Waals surface area contributed by atoms with Crippen LogP contribution in [0.15, 0.2) is 60.8 Å². The van der Waals surface area contributed by atoms with Gasteiger partial charge in [-0.05, 0) is 47.4 Å². The molecule has 16 heteroatoms. The van der Waals surface area contributed by atoms with Gasteiger partial charge in [-0.3, -0.25) is 24.1 Å². The Morgan fingerprint density at radius 2 is 1.67 bits per heavy atom. The molecule has 0 bridgehead atoms. The molecular formula is C48H61Cl2N7O7. The second-order valence-corrected chi connectivity index (χ2v) is 20.3. The second-order valence-electron chi connectivity index (χ2n) is 19.5. The number of carbonyl (C=O) groups is 4. The number of aliphatic hydroxyl groups excluding tert-OH is 1. The minimum atomic E-state index is -0.842. The van der Waals surface area contributed by atoms with Crippen molar-refractivity contribution >= 4 is 52.5 Å². The number of nitrogens with zero attached hydrogens (tertiary/aromatic N) is 5. The molecule has 2 saturated heterocycles. The number of nitrogens with one attached hydrogen (secondary N) is 2. The molecule has 3 aromatic rings. The lowest BCUT2D eigenvalue weighted by Gasteiger charge is -2.63. The van der Waals surface area contributed by atoms with Crippen molar-refractivity contribution in [2.45, 2.75) is 92.1 Å². The van der Waals surface area contributed by atoms with Gasteiger partial charge in [-0.25, -0.2) is 4.98 Å². The molecule has 344 valence electrons. The summed E-state index contributed by atoms with van der Waals surface area (Å²) in [7, 11) is 0. The number of anilines is 1. The highest BCUT2D eigenvalue weighted by Crippen LogP contribution is 2.55. The summed E-state index contributed by atoms with van der Waals surface area (Å²) in [4.78, 5) is 64.4. The predicted octanol–water partition coefficient (Wildman–Crippen LogP) is 5.91. The van der Waals surface area contributed by atoms with E-state index in [0.29, 0.717) is 40.1 Å². The summed E-state index contributed by atoms with van der Waals surface area (Å²) in [5.41, 5.74) is 0.335. The van der Waals surface area contributed by atoms with Crippen molar-refractivity contribution in [2.24, 2.45) is 22.2 Å². The number of ketones is 1. The van der Waals surface area contributed by atoms with Crippen molar-refractivity contribution in [3.8, 4) is 11.8 Å². The largest absolute Gasteiger partial charge is 0.489 e. The zero-order valence-electron chi connectivity index (χ0n) is 37.8. The van der Waals surface area contributed by atoms with Gasteiger partial charge in [0.2, 0.25) is 11.8 Å². The fraction of sp³-hybridized carbons (Fsp3) is 0.542. The van der Waals surface area contributed by atoms with Crippen molar-refractivity contribution in [3.63, 3.8) is 0 Å². The minimum Gasteiger partial charge on any atom is -0.489 e. The minimum absolute atomic E-state index is 0.0247. The van der Waals surface area contributed by atoms with E-state index >= 15 is 0 Å². The van der Waals surface area contributed by atoms with Crippen LogP contribution in [0.25, 0.3) is 0 Å². The van der Waals surface area contributed by atoms with Crippen LogP contribution in [0.2, 0.25) is 10.0 Å². The number of halogens is 2. The zero-order chi connectivity index (χ0) is 46.6. The first-order chi connectivity index (χ1) is 30.2. The molecule has 0 radical (unpaired) electrons. The highest BCUT2D eigenvalue weighted by atomic mass is 35.5. The van der Waals surface area contributed by atoms with E-state index in [9.17, 15) is 29.5 Å². The summed E-state index contributed by atoms with van der Waals surface area (Å²) in [6.45, 7) is 18.1. The van der Waals surface area contributed by atoms with Gasteiger partial charge in [-0.1, -0.05) is 83.8 Å². The molecule has 3 atom stereocenters. The fourth-order valence-electron chi connectivity index (χ4n) is 9.56. The zero-order valence-corrected chi connectivity index (χ0v) is 39.3. The third-order valence-electron chi connectivity index (χ3n) is 13.0. The van der Waals surface area contributed by atoms with Crippen LogP contribution in [0.5, 0.6) is 5.75 Å². The maximum Gasteiger partial charge on any atom is 0.253 e. The Hall–Kier alpha value is -4.78. The first kappa shape index (κ1) is 48.7. The van der Waals surface area contributed by atoms with Crippen molar-refractivity contribution in [1.29, 1.82) is 5.26 Å². The standard InChI is InChI=1S/C48H61Cl2N7O7/c1-46(2,3)37(43(62)57-28-34(58)23-39(57)42(61)53-26-30-8-12-33(49)13-9-30)22-35(59)29-63-21-20-55-16-18-56(19-17-55)40-15-11-32(27-52-40)41(60)54-44-47(4,5)45(48(44,6)7)64-36-14-10-31(25-51)38(50)24-36/h8-15,24,27,34,37,39,44-45,58H,16-23,26,28-29H2,1-7H3,(H,53,61)(H,54,60)/t34-,37-,39+,44?,45?/m1/s1. The Morgan fingerprint density at radius 1 is 0.984 bits per heavy atom. The molecule has 1 aromatic heterocycles. The predicted molar refractivity (Wildman–Crippen MR) is 245 cm³/mol. The summed E-state index contributed by atoms with van der Waals surface area (Å²) in [5, 5.41) is 26.7. The molecule has 1 aliphatic carbocycles. The van der Waals surface area contributed by atoms with Gasteiger partial charge in [-0.15, -0.1) is 0 Å². The Bertz CT molecular complexity index is 2180. The number of pyridine rings is 1. The van der Waals surface area contributed by atoms with E-state index in [4.69, 9.17) is 32.7 Å². The van der Waals surface area contributed by atoms with Gasteiger partial charge in [0.25, 0.3) is 5.91 Å². The third-order valence-corrected chi connectivity index (χ3v) is 13.5. The van der Waals surface area contributed by atoms with E-state index in [1.807, 2.05) is 39.0 Å². The van der Waals surface area contributed by atoms with Crippen LogP contribution in [-0.4, -0.2) is 120 Å². The highest BCUT2D eigenvalue weighted by Gasteiger charge is 2.64. The number of nitriles is 1. The highest BCUT2D eigenvalue weighted by molar-refractivity contribution is 6.31. The first-order valence-corrected chi connectivity index (χ1v) is 22.6. The van der Waals surface area contributed by atoms with E-state index in [0.717, 1.165) is 37.6 Å². The third kappa shape index (κ3) is 11.4. The average Bonchev–Trinajstić information content (AvgIpc) is 3.66. The molecule has 6 rings (SSSR count). The summed E-state index contributed by atoms with van der Waals surface area (Å²) in [6.07, 6.45) is 0.639. The van der Waals surface area contributed by atoms with Crippen LogP contribution in [-0.2, 0) is 25.7 Å². The van der Waals surface area contributed by atoms with Crippen molar-refractivity contribution < 1.29 is 33.8 Å². The number of rotatable bonds is 16. The molecule has 64 heavy (non-hydrogen) atoms. The number of aromatic nitrogens is 1. The monoisotopic (exact) mass is 917 g/mol. The number of carbonyl (C=O) groups excluding carboxylic acids is 4. The van der Waals surface area contributed by atoms with E-state index in [2.05, 4.69) is 59.2 Å². The lowest BCUT2D eigenvalue weighted by molar-refractivity contribution is -0.164. The Balaban J connectivity index is 0.916. The molecule has 3 fully saturated rings. The molecule has 1 saturated carbocycles. The number of hydrogen-bond acceptors (Lipinski definition) is 11. The molecule has 0 spiro atoms. The van der Waals surface area contributed by atoms with E-state index in [1.165, 1.54) is 4.90 Å². The number of benzene rings is 2. The number of likely N-dealkylation sites (tertiary alicyclic amines) is 1. The fourth-order valence-corrected chi connectivity index (χ4v) is 9.90. The molecule has 2 aromatic carbocycles. The Kier molecular flexibility index (Phi) is 15.3. The average molecular weight is 919 g/mol. The van der Waals surface area contributed by atoms with E-state index in [1.54, 1.807) is 42.6 Å². The van der Waals surface area contributed by atoms with Crippen molar-refractivity contribution in [3.05, 3.63) is 87.5 Å². The quantitative estimate of drug-likeness (QED) is 0.146. The summed E-state index contributed by atoms with van der Waals surface area (Å²) >= 11 is 12.2. The van der Waals surface area contributed by atoms with Crippen LogP contribution in [0, 0.1) is 33.5 Å². The molecule has 3 aliphatic rings. The molecule has 0 unspecified atom stereocenters. The molecule has 14 nitrogen and oxygen atoms in total. The number of hydrogen-bond donors (Lipinski definition) is 3. The van der Waals surface area contributed by atoms with Gasteiger partial charge >= 0.3 is 0 Å².